The van der Waals surface area contributed by atoms with Crippen molar-refractivity contribution >= 4 is 23.3 Å². The summed E-state index contributed by atoms with van der Waals surface area (Å²) in [6, 6.07) is 4.95. The highest BCUT2D eigenvalue weighted by Gasteiger charge is 2.26. The predicted molar refractivity (Wildman–Crippen MR) is 82.1 cm³/mol. The van der Waals surface area contributed by atoms with E-state index in [0.717, 1.165) is 0 Å². The number of carbonyl (C=O) groups is 3. The molecular weight excluding hydrogens is 284 g/mol. The first-order valence-corrected chi connectivity index (χ1v) is 6.98. The Morgan fingerprint density at radius 3 is 2.91 bits per heavy atom. The standard InChI is InChI=1S/C16H18N2O4/c1-3-7-17-15(20)6-8-18-13-9-12(11(2)19)4-5-14(13)22-10-16(18)21/h3-5,9H,1,6-8,10H2,2H3,(H,17,20). The highest BCUT2D eigenvalue weighted by molar-refractivity contribution is 6.01. The monoisotopic (exact) mass is 302 g/mol. The molecule has 0 saturated heterocycles. The summed E-state index contributed by atoms with van der Waals surface area (Å²) >= 11 is 0. The predicted octanol–water partition coefficient (Wildman–Crippen LogP) is 1.31. The van der Waals surface area contributed by atoms with E-state index in [0.29, 0.717) is 23.5 Å². The van der Waals surface area contributed by atoms with Gasteiger partial charge in [-0.1, -0.05) is 6.08 Å². The van der Waals surface area contributed by atoms with E-state index in [1.807, 2.05) is 0 Å². The van der Waals surface area contributed by atoms with E-state index >= 15 is 0 Å². The molecule has 0 atom stereocenters. The van der Waals surface area contributed by atoms with Crippen molar-refractivity contribution in [2.45, 2.75) is 13.3 Å². The van der Waals surface area contributed by atoms with E-state index in [1.165, 1.54) is 11.8 Å². The van der Waals surface area contributed by atoms with Crippen molar-refractivity contribution in [2.24, 2.45) is 0 Å². The zero-order chi connectivity index (χ0) is 16.1. The summed E-state index contributed by atoms with van der Waals surface area (Å²) in [7, 11) is 0. The molecule has 1 aromatic rings. The lowest BCUT2D eigenvalue weighted by molar-refractivity contribution is -0.122. The molecule has 0 aliphatic carbocycles. The molecule has 0 aromatic heterocycles. The number of amides is 2. The van der Waals surface area contributed by atoms with Crippen LogP contribution in [0.15, 0.2) is 30.9 Å². The van der Waals surface area contributed by atoms with Gasteiger partial charge in [0.25, 0.3) is 5.91 Å². The third kappa shape index (κ3) is 3.52. The zero-order valence-corrected chi connectivity index (χ0v) is 12.4. The molecule has 0 unspecified atom stereocenters. The molecule has 1 aromatic carbocycles. The highest BCUT2D eigenvalue weighted by atomic mass is 16.5. The summed E-state index contributed by atoms with van der Waals surface area (Å²) in [5, 5.41) is 2.66. The van der Waals surface area contributed by atoms with Gasteiger partial charge in [0.15, 0.2) is 12.4 Å². The lowest BCUT2D eigenvalue weighted by atomic mass is 10.1. The van der Waals surface area contributed by atoms with Crippen molar-refractivity contribution in [3.8, 4) is 5.75 Å². The lowest BCUT2D eigenvalue weighted by Crippen LogP contribution is -2.41. The molecule has 1 aliphatic rings. The van der Waals surface area contributed by atoms with E-state index in [1.54, 1.807) is 24.3 Å². The van der Waals surface area contributed by atoms with Crippen molar-refractivity contribution in [1.82, 2.24) is 5.32 Å². The smallest absolute Gasteiger partial charge is 0.265 e. The summed E-state index contributed by atoms with van der Waals surface area (Å²) in [4.78, 5) is 36.7. The maximum absolute atomic E-state index is 12.0. The molecule has 0 radical (unpaired) electrons. The minimum atomic E-state index is -0.232. The highest BCUT2D eigenvalue weighted by Crippen LogP contribution is 2.33. The van der Waals surface area contributed by atoms with Crippen molar-refractivity contribution in [3.63, 3.8) is 0 Å². The van der Waals surface area contributed by atoms with E-state index in [9.17, 15) is 14.4 Å². The third-order valence-electron chi connectivity index (χ3n) is 3.31. The van der Waals surface area contributed by atoms with Gasteiger partial charge in [0.2, 0.25) is 5.91 Å². The van der Waals surface area contributed by atoms with Gasteiger partial charge in [-0.15, -0.1) is 6.58 Å². The molecule has 2 amide bonds. The van der Waals surface area contributed by atoms with Gasteiger partial charge in [-0.3, -0.25) is 14.4 Å². The molecule has 1 aliphatic heterocycles. The summed E-state index contributed by atoms with van der Waals surface area (Å²) in [5.74, 6) is 0.0498. The molecule has 0 saturated carbocycles. The van der Waals surface area contributed by atoms with Crippen LogP contribution in [0.25, 0.3) is 0 Å². The van der Waals surface area contributed by atoms with Crippen LogP contribution in [0.3, 0.4) is 0 Å². The van der Waals surface area contributed by atoms with Crippen molar-refractivity contribution < 1.29 is 19.1 Å². The summed E-state index contributed by atoms with van der Waals surface area (Å²) in [6.07, 6.45) is 1.76. The van der Waals surface area contributed by atoms with Gasteiger partial charge >= 0.3 is 0 Å². The Balaban J connectivity index is 2.16. The summed E-state index contributed by atoms with van der Waals surface area (Å²) in [5.41, 5.74) is 1.03. The summed E-state index contributed by atoms with van der Waals surface area (Å²) in [6.45, 7) is 5.54. The van der Waals surface area contributed by atoms with Crippen LogP contribution >= 0.6 is 0 Å². The van der Waals surface area contributed by atoms with E-state index in [4.69, 9.17) is 4.74 Å². The first-order valence-electron chi connectivity index (χ1n) is 6.98. The average molecular weight is 302 g/mol. The first kappa shape index (κ1) is 15.8. The van der Waals surface area contributed by atoms with Crippen LogP contribution in [0.4, 0.5) is 5.69 Å². The Labute approximate surface area is 128 Å². The lowest BCUT2D eigenvalue weighted by Gasteiger charge is -2.29. The van der Waals surface area contributed by atoms with Crippen LogP contribution in [-0.2, 0) is 9.59 Å². The number of hydrogen-bond donors (Lipinski definition) is 1. The minimum Gasteiger partial charge on any atom is -0.482 e. The fraction of sp³-hybridized carbons (Fsp3) is 0.312. The molecular formula is C16H18N2O4. The number of Topliss-reactive ketones (excluding diaryl/α,β-unsaturated/α-hetero) is 1. The number of benzene rings is 1. The number of nitrogens with zero attached hydrogens (tertiary/aromatic N) is 1. The van der Waals surface area contributed by atoms with E-state index in [2.05, 4.69) is 11.9 Å². The second-order valence-corrected chi connectivity index (χ2v) is 4.92. The molecule has 6 heteroatoms. The zero-order valence-electron chi connectivity index (χ0n) is 12.4. The third-order valence-corrected chi connectivity index (χ3v) is 3.31. The Morgan fingerprint density at radius 1 is 1.45 bits per heavy atom. The topological polar surface area (TPSA) is 75.7 Å². The second-order valence-electron chi connectivity index (χ2n) is 4.92. The van der Waals surface area contributed by atoms with Crippen LogP contribution in [0, 0.1) is 0 Å². The molecule has 6 nitrogen and oxygen atoms in total. The molecule has 1 N–H and O–H groups in total. The normalized spacial score (nSPS) is 13.1. The fourth-order valence-electron chi connectivity index (χ4n) is 2.15. The Kier molecular flexibility index (Phi) is 4.93. The van der Waals surface area contributed by atoms with Gasteiger partial charge in [-0.25, -0.2) is 0 Å². The molecule has 22 heavy (non-hydrogen) atoms. The van der Waals surface area contributed by atoms with E-state index < -0.39 is 0 Å². The molecule has 1 heterocycles. The van der Waals surface area contributed by atoms with Gasteiger partial charge in [-0.05, 0) is 25.1 Å². The number of hydrogen-bond acceptors (Lipinski definition) is 4. The van der Waals surface area contributed by atoms with Crippen molar-refractivity contribution in [1.29, 1.82) is 0 Å². The van der Waals surface area contributed by atoms with Gasteiger partial charge < -0.3 is 15.0 Å². The minimum absolute atomic E-state index is 0.0688. The van der Waals surface area contributed by atoms with Crippen molar-refractivity contribution in [3.05, 3.63) is 36.4 Å². The fourth-order valence-corrected chi connectivity index (χ4v) is 2.15. The number of fused-ring (bicyclic) bond motifs is 1. The average Bonchev–Trinajstić information content (AvgIpc) is 2.51. The number of ether oxygens (including phenoxy) is 1. The molecule has 0 fully saturated rings. The number of anilines is 1. The Morgan fingerprint density at radius 2 is 2.23 bits per heavy atom. The number of ketones is 1. The molecule has 0 bridgehead atoms. The molecule has 2 rings (SSSR count). The molecule has 0 spiro atoms. The largest absolute Gasteiger partial charge is 0.482 e. The van der Waals surface area contributed by atoms with Gasteiger partial charge in [0, 0.05) is 25.1 Å². The van der Waals surface area contributed by atoms with E-state index in [-0.39, 0.29) is 37.2 Å². The second kappa shape index (κ2) is 6.89. The van der Waals surface area contributed by atoms with Crippen LogP contribution in [0.1, 0.15) is 23.7 Å². The van der Waals surface area contributed by atoms with Crippen LogP contribution in [0.2, 0.25) is 0 Å². The number of rotatable bonds is 6. The van der Waals surface area contributed by atoms with Gasteiger partial charge in [-0.2, -0.15) is 0 Å². The van der Waals surface area contributed by atoms with Gasteiger partial charge in [0.05, 0.1) is 5.69 Å². The SMILES string of the molecule is C=CCNC(=O)CCN1C(=O)COc2ccc(C(C)=O)cc21. The van der Waals surface area contributed by atoms with Crippen molar-refractivity contribution in [2.75, 3.05) is 24.6 Å². The quantitative estimate of drug-likeness (QED) is 0.635. The van der Waals surface area contributed by atoms with Crippen LogP contribution in [-0.4, -0.2) is 37.3 Å². The maximum Gasteiger partial charge on any atom is 0.265 e. The Hall–Kier alpha value is -2.63. The van der Waals surface area contributed by atoms with Gasteiger partial charge in [0.1, 0.15) is 5.75 Å². The van der Waals surface area contributed by atoms with Crippen LogP contribution in [0.5, 0.6) is 5.75 Å². The maximum atomic E-state index is 12.0. The summed E-state index contributed by atoms with van der Waals surface area (Å²) < 4.78 is 5.36. The first-order chi connectivity index (χ1) is 10.5. The Bertz CT molecular complexity index is 625. The molecule has 116 valence electrons. The number of nitrogens with one attached hydrogen (secondary N) is 1. The number of carbonyl (C=O) groups excluding carboxylic acids is 3. The van der Waals surface area contributed by atoms with Crippen LogP contribution < -0.4 is 15.0 Å².